The molecule has 0 saturated carbocycles. The molecule has 256 valence electrons. The van der Waals surface area contributed by atoms with Gasteiger partial charge in [-0.15, -0.1) is 0 Å². The zero-order chi connectivity index (χ0) is 35.0. The van der Waals surface area contributed by atoms with E-state index in [4.69, 9.17) is 26.4 Å². The van der Waals surface area contributed by atoms with Crippen LogP contribution in [0, 0.1) is 5.41 Å². The third kappa shape index (κ3) is 8.39. The number of aromatic amines is 1. The van der Waals surface area contributed by atoms with Crippen LogP contribution in [-0.4, -0.2) is 96.5 Å². The van der Waals surface area contributed by atoms with Gasteiger partial charge in [-0.25, -0.2) is 9.78 Å². The number of aromatic hydroxyl groups is 2. The lowest BCUT2D eigenvalue weighted by Gasteiger charge is -2.31. The molecule has 4 rings (SSSR count). The standard InChI is InChI=1S/C34H44N8O6/c1-34(2,32(45)42(4)10-12-48-14-13-47-11-9-38-3)22-17-24(23-15-20(5-8-28(23)43)19-39-33(37)46)29(44)25(18-22)31-40-26-7-6-21(30(35)36)16-27(26)41-31/h5-8,15-18,38,43-44H,9-14,19H2,1-4H3,(H3,35,36)(H,40,41)(H3,37,39,46). The summed E-state index contributed by atoms with van der Waals surface area (Å²) in [5, 5.41) is 36.0. The van der Waals surface area contributed by atoms with E-state index in [0.717, 1.165) is 6.54 Å². The molecule has 0 aliphatic rings. The molecule has 3 amide bonds. The largest absolute Gasteiger partial charge is 0.507 e. The molecule has 0 radical (unpaired) electrons. The highest BCUT2D eigenvalue weighted by atomic mass is 16.5. The third-order valence-corrected chi connectivity index (χ3v) is 8.02. The minimum atomic E-state index is -1.10. The van der Waals surface area contributed by atoms with Gasteiger partial charge in [-0.1, -0.05) is 6.07 Å². The number of amides is 3. The number of primary amides is 1. The molecule has 1 heterocycles. The van der Waals surface area contributed by atoms with E-state index in [2.05, 4.69) is 20.6 Å². The van der Waals surface area contributed by atoms with Crippen LogP contribution >= 0.6 is 0 Å². The number of nitrogens with two attached hydrogens (primary N) is 2. The van der Waals surface area contributed by atoms with Crippen LogP contribution in [-0.2, 0) is 26.2 Å². The van der Waals surface area contributed by atoms with E-state index in [9.17, 15) is 19.8 Å². The fourth-order valence-corrected chi connectivity index (χ4v) is 5.18. The van der Waals surface area contributed by atoms with E-state index in [-0.39, 0.29) is 46.5 Å². The predicted molar refractivity (Wildman–Crippen MR) is 184 cm³/mol. The van der Waals surface area contributed by atoms with Crippen molar-refractivity contribution in [3.63, 3.8) is 0 Å². The Labute approximate surface area is 278 Å². The molecular weight excluding hydrogens is 616 g/mol. The molecule has 0 aliphatic carbocycles. The summed E-state index contributed by atoms with van der Waals surface area (Å²) in [7, 11) is 3.55. The smallest absolute Gasteiger partial charge is 0.312 e. The monoisotopic (exact) mass is 660 g/mol. The number of likely N-dealkylation sites (N-methyl/N-ethyl adjacent to an activating group) is 2. The molecule has 0 bridgehead atoms. The number of benzene rings is 3. The fraction of sp³-hybridized carbons (Fsp3) is 0.353. The Kier molecular flexibility index (Phi) is 11.6. The first-order valence-corrected chi connectivity index (χ1v) is 15.5. The maximum Gasteiger partial charge on any atom is 0.312 e. The van der Waals surface area contributed by atoms with E-state index < -0.39 is 11.4 Å². The summed E-state index contributed by atoms with van der Waals surface area (Å²) < 4.78 is 11.1. The Balaban J connectivity index is 1.73. The van der Waals surface area contributed by atoms with Gasteiger partial charge < -0.3 is 51.7 Å². The molecule has 0 unspecified atom stereocenters. The van der Waals surface area contributed by atoms with E-state index >= 15 is 0 Å². The average molecular weight is 661 g/mol. The fourth-order valence-electron chi connectivity index (χ4n) is 5.18. The lowest BCUT2D eigenvalue weighted by Crippen LogP contribution is -2.42. The van der Waals surface area contributed by atoms with Crippen molar-refractivity contribution in [3.8, 4) is 34.0 Å². The van der Waals surface area contributed by atoms with Crippen LogP contribution in [0.4, 0.5) is 4.79 Å². The maximum absolute atomic E-state index is 13.9. The number of ether oxygens (including phenoxy) is 2. The molecule has 4 aromatic rings. The first-order valence-electron chi connectivity index (χ1n) is 15.5. The highest BCUT2D eigenvalue weighted by Crippen LogP contribution is 2.44. The summed E-state index contributed by atoms with van der Waals surface area (Å²) >= 11 is 0. The number of rotatable bonds is 16. The second kappa shape index (κ2) is 15.6. The first kappa shape index (κ1) is 35.7. The number of hydrogen-bond donors (Lipinski definition) is 8. The highest BCUT2D eigenvalue weighted by Gasteiger charge is 2.34. The zero-order valence-electron chi connectivity index (χ0n) is 27.6. The molecule has 3 aromatic carbocycles. The highest BCUT2D eigenvalue weighted by molar-refractivity contribution is 5.98. The number of urea groups is 1. The predicted octanol–water partition coefficient (Wildman–Crippen LogP) is 2.75. The molecule has 10 N–H and O–H groups in total. The van der Waals surface area contributed by atoms with Crippen molar-refractivity contribution in [2.45, 2.75) is 25.8 Å². The number of phenols is 2. The SMILES string of the molecule is CNCCOCCOCCN(C)C(=O)C(C)(C)c1cc(-c2nc3ccc(C(=N)N)cc3[nH]2)c(O)c(-c2cc(CNC(N)=O)ccc2O)c1. The summed E-state index contributed by atoms with van der Waals surface area (Å²) in [5.41, 5.74) is 13.5. The number of amidine groups is 1. The van der Waals surface area contributed by atoms with Gasteiger partial charge in [-0.3, -0.25) is 10.2 Å². The summed E-state index contributed by atoms with van der Waals surface area (Å²) in [5.74, 6) is -0.311. The van der Waals surface area contributed by atoms with Crippen LogP contribution in [0.1, 0.15) is 30.5 Å². The number of hydrogen-bond acceptors (Lipinski definition) is 9. The summed E-state index contributed by atoms with van der Waals surface area (Å²) in [4.78, 5) is 34.7. The summed E-state index contributed by atoms with van der Waals surface area (Å²) in [6.07, 6.45) is 0. The van der Waals surface area contributed by atoms with Crippen molar-refractivity contribution in [3.05, 3.63) is 65.2 Å². The molecule has 48 heavy (non-hydrogen) atoms. The van der Waals surface area contributed by atoms with Crippen LogP contribution < -0.4 is 22.1 Å². The van der Waals surface area contributed by atoms with Gasteiger partial charge in [0.15, 0.2) is 0 Å². The number of H-pyrrole nitrogens is 1. The number of carbonyl (C=O) groups is 2. The second-order valence-electron chi connectivity index (χ2n) is 11.9. The number of phenolic OH excluding ortho intramolecular Hbond substituents is 2. The van der Waals surface area contributed by atoms with Crippen LogP contribution in [0.2, 0.25) is 0 Å². The molecule has 14 heteroatoms. The van der Waals surface area contributed by atoms with Crippen molar-refractivity contribution in [1.29, 1.82) is 5.41 Å². The van der Waals surface area contributed by atoms with Crippen molar-refractivity contribution in [2.24, 2.45) is 11.5 Å². The van der Waals surface area contributed by atoms with E-state index in [1.54, 1.807) is 68.3 Å². The van der Waals surface area contributed by atoms with Crippen molar-refractivity contribution >= 4 is 28.8 Å². The van der Waals surface area contributed by atoms with Gasteiger partial charge in [-0.05, 0) is 74.5 Å². The maximum atomic E-state index is 13.9. The number of aromatic nitrogens is 2. The molecule has 0 fully saturated rings. The zero-order valence-corrected chi connectivity index (χ0v) is 27.6. The van der Waals surface area contributed by atoms with Gasteiger partial charge in [0.2, 0.25) is 5.91 Å². The Bertz CT molecular complexity index is 1790. The first-order chi connectivity index (χ1) is 22.8. The molecule has 14 nitrogen and oxygen atoms in total. The quantitative estimate of drug-likeness (QED) is 0.0502. The van der Waals surface area contributed by atoms with Crippen molar-refractivity contribution in [2.75, 3.05) is 53.6 Å². The third-order valence-electron chi connectivity index (χ3n) is 8.02. The molecule has 1 aromatic heterocycles. The van der Waals surface area contributed by atoms with Crippen molar-refractivity contribution in [1.82, 2.24) is 25.5 Å². The Morgan fingerprint density at radius 3 is 2.38 bits per heavy atom. The molecule has 0 spiro atoms. The number of nitrogens with one attached hydrogen (secondary N) is 4. The number of nitrogens with zero attached hydrogens (tertiary/aromatic N) is 2. The summed E-state index contributed by atoms with van der Waals surface area (Å²) in [6, 6.07) is 12.5. The van der Waals surface area contributed by atoms with Gasteiger partial charge >= 0.3 is 6.03 Å². The normalized spacial score (nSPS) is 11.5. The lowest BCUT2D eigenvalue weighted by atomic mass is 9.80. The van der Waals surface area contributed by atoms with Gasteiger partial charge in [0.1, 0.15) is 23.2 Å². The lowest BCUT2D eigenvalue weighted by molar-refractivity contribution is -0.135. The Morgan fingerprint density at radius 1 is 0.979 bits per heavy atom. The van der Waals surface area contributed by atoms with Crippen LogP contribution in [0.25, 0.3) is 33.5 Å². The number of nitrogen functional groups attached to an aromatic ring is 1. The minimum absolute atomic E-state index is 0.0941. The second-order valence-corrected chi connectivity index (χ2v) is 11.9. The average Bonchev–Trinajstić information content (AvgIpc) is 3.48. The van der Waals surface area contributed by atoms with Gasteiger partial charge in [0.05, 0.1) is 48.4 Å². The Hall–Kier alpha value is -5.18. The van der Waals surface area contributed by atoms with Gasteiger partial charge in [-0.2, -0.15) is 0 Å². The van der Waals surface area contributed by atoms with E-state index in [0.29, 0.717) is 66.5 Å². The van der Waals surface area contributed by atoms with Crippen LogP contribution in [0.3, 0.4) is 0 Å². The minimum Gasteiger partial charge on any atom is -0.507 e. The topological polar surface area (TPSA) is 225 Å². The Morgan fingerprint density at radius 2 is 1.69 bits per heavy atom. The number of imidazole rings is 1. The molecule has 0 aliphatic heterocycles. The van der Waals surface area contributed by atoms with E-state index in [1.807, 2.05) is 7.05 Å². The van der Waals surface area contributed by atoms with Gasteiger partial charge in [0.25, 0.3) is 0 Å². The molecular formula is C34H44N8O6. The summed E-state index contributed by atoms with van der Waals surface area (Å²) in [6.45, 7) is 6.52. The molecule has 0 atom stereocenters. The number of carbonyl (C=O) groups excluding carboxylic acids is 2. The van der Waals surface area contributed by atoms with Crippen LogP contribution in [0.15, 0.2) is 48.5 Å². The van der Waals surface area contributed by atoms with Gasteiger partial charge in [0, 0.05) is 43.4 Å². The van der Waals surface area contributed by atoms with Crippen LogP contribution in [0.5, 0.6) is 11.5 Å². The van der Waals surface area contributed by atoms with Crippen molar-refractivity contribution < 1.29 is 29.3 Å². The molecule has 0 saturated heterocycles. The number of fused-ring (bicyclic) bond motifs is 1. The van der Waals surface area contributed by atoms with E-state index in [1.165, 1.54) is 6.07 Å².